The van der Waals surface area contributed by atoms with Gasteiger partial charge in [-0.15, -0.1) is 0 Å². The Morgan fingerprint density at radius 1 is 0.929 bits per heavy atom. The van der Waals surface area contributed by atoms with Gasteiger partial charge in [0.05, 0.1) is 11.6 Å². The summed E-state index contributed by atoms with van der Waals surface area (Å²) in [5, 5.41) is 7.91. The topological polar surface area (TPSA) is 142 Å². The van der Waals surface area contributed by atoms with Crippen LogP contribution in [0.2, 0.25) is 0 Å². The zero-order valence-electron chi connectivity index (χ0n) is 23.8. The van der Waals surface area contributed by atoms with Crippen LogP contribution < -0.4 is 10.6 Å². The molecule has 2 N–H and O–H groups in total. The number of carbonyl (C=O) groups excluding carboxylic acids is 6. The number of ether oxygens (including phenoxy) is 1. The minimum Gasteiger partial charge on any atom is -0.454 e. The lowest BCUT2D eigenvalue weighted by Gasteiger charge is -2.43. The van der Waals surface area contributed by atoms with Gasteiger partial charge in [-0.05, 0) is 55.9 Å². The summed E-state index contributed by atoms with van der Waals surface area (Å²) in [6.45, 7) is 3.51. The molecule has 11 heteroatoms. The molecule has 2 heterocycles. The molecule has 0 aromatic heterocycles. The minimum atomic E-state index is -1.06. The van der Waals surface area contributed by atoms with E-state index in [0.717, 1.165) is 5.01 Å². The highest BCUT2D eigenvalue weighted by Crippen LogP contribution is 2.25. The molecule has 0 aliphatic carbocycles. The first-order valence-electron chi connectivity index (χ1n) is 14.2. The number of hydrazine groups is 1. The number of carbonyl (C=O) groups is 6. The number of esters is 1. The highest BCUT2D eigenvalue weighted by atomic mass is 16.5. The molecule has 0 saturated carbocycles. The lowest BCUT2D eigenvalue weighted by atomic mass is 9.99. The van der Waals surface area contributed by atoms with Crippen molar-refractivity contribution in [3.8, 4) is 0 Å². The number of nitrogens with one attached hydrogen (secondary N) is 2. The van der Waals surface area contributed by atoms with Crippen LogP contribution in [0.1, 0.15) is 66.7 Å². The van der Waals surface area contributed by atoms with Crippen molar-refractivity contribution in [1.29, 1.82) is 0 Å². The van der Waals surface area contributed by atoms with Crippen LogP contribution in [-0.4, -0.2) is 76.7 Å². The number of hydrogen-bond acceptors (Lipinski definition) is 7. The number of benzene rings is 2. The zero-order chi connectivity index (χ0) is 30.2. The van der Waals surface area contributed by atoms with Crippen molar-refractivity contribution in [2.24, 2.45) is 5.92 Å². The van der Waals surface area contributed by atoms with Gasteiger partial charge in [0.15, 0.2) is 12.4 Å². The summed E-state index contributed by atoms with van der Waals surface area (Å²) in [7, 11) is 0. The van der Waals surface area contributed by atoms with Crippen molar-refractivity contribution in [1.82, 2.24) is 20.7 Å². The van der Waals surface area contributed by atoms with Crippen LogP contribution in [0.25, 0.3) is 0 Å². The SMILES string of the molecule is CC(C)C[C@H](NC(=O)[C@@H]1CCCN2C(=O)CC[C@H](NC(=O)c3ccccc3)C(=O)N12)C(=O)COC(=O)c1ccccc1. The highest BCUT2D eigenvalue weighted by molar-refractivity contribution is 6.00. The van der Waals surface area contributed by atoms with E-state index in [1.54, 1.807) is 60.7 Å². The van der Waals surface area contributed by atoms with Crippen LogP contribution in [-0.2, 0) is 23.9 Å². The van der Waals surface area contributed by atoms with Gasteiger partial charge in [0, 0.05) is 18.5 Å². The Morgan fingerprint density at radius 2 is 1.57 bits per heavy atom. The average molecular weight is 577 g/mol. The highest BCUT2D eigenvalue weighted by Gasteiger charge is 2.45. The first-order chi connectivity index (χ1) is 20.2. The van der Waals surface area contributed by atoms with E-state index in [-0.39, 0.29) is 44.1 Å². The predicted octanol–water partition coefficient (Wildman–Crippen LogP) is 2.27. The first-order valence-corrected chi connectivity index (χ1v) is 14.2. The second-order valence-corrected chi connectivity index (χ2v) is 10.9. The normalized spacial score (nSPS) is 19.4. The molecule has 0 spiro atoms. The van der Waals surface area contributed by atoms with E-state index in [0.29, 0.717) is 17.5 Å². The maximum absolute atomic E-state index is 13.7. The van der Waals surface area contributed by atoms with Crippen LogP contribution in [0.4, 0.5) is 0 Å². The zero-order valence-corrected chi connectivity index (χ0v) is 23.8. The van der Waals surface area contributed by atoms with Crippen LogP contribution in [0.5, 0.6) is 0 Å². The van der Waals surface area contributed by atoms with Crippen LogP contribution in [0.15, 0.2) is 60.7 Å². The summed E-state index contributed by atoms with van der Waals surface area (Å²) < 4.78 is 5.20. The van der Waals surface area contributed by atoms with Crippen molar-refractivity contribution in [2.75, 3.05) is 13.2 Å². The molecular weight excluding hydrogens is 540 g/mol. The predicted molar refractivity (Wildman–Crippen MR) is 152 cm³/mol. The lowest BCUT2D eigenvalue weighted by molar-refractivity contribution is -0.176. The van der Waals surface area contributed by atoms with Gasteiger partial charge in [-0.2, -0.15) is 0 Å². The van der Waals surface area contributed by atoms with Gasteiger partial charge in [-0.1, -0.05) is 50.2 Å². The maximum Gasteiger partial charge on any atom is 0.338 e. The molecule has 0 radical (unpaired) electrons. The fraction of sp³-hybridized carbons (Fsp3) is 0.419. The van der Waals surface area contributed by atoms with E-state index in [9.17, 15) is 28.8 Å². The second-order valence-electron chi connectivity index (χ2n) is 10.9. The molecular formula is C31H36N4O7. The molecule has 2 fully saturated rings. The largest absolute Gasteiger partial charge is 0.454 e. The monoisotopic (exact) mass is 576 g/mol. The molecule has 222 valence electrons. The molecule has 3 atom stereocenters. The maximum atomic E-state index is 13.7. The van der Waals surface area contributed by atoms with Crippen molar-refractivity contribution in [2.45, 2.75) is 64.1 Å². The van der Waals surface area contributed by atoms with Gasteiger partial charge in [0.2, 0.25) is 11.8 Å². The van der Waals surface area contributed by atoms with Gasteiger partial charge in [-0.25, -0.2) is 9.80 Å². The number of amides is 4. The number of Topliss-reactive ketones (excluding diaryl/α,β-unsaturated/α-hetero) is 1. The fourth-order valence-electron chi connectivity index (χ4n) is 5.14. The van der Waals surface area contributed by atoms with Crippen molar-refractivity contribution < 1.29 is 33.5 Å². The van der Waals surface area contributed by atoms with E-state index >= 15 is 0 Å². The molecule has 0 bridgehead atoms. The van der Waals surface area contributed by atoms with Gasteiger partial charge in [-0.3, -0.25) is 29.0 Å². The molecule has 42 heavy (non-hydrogen) atoms. The van der Waals surface area contributed by atoms with E-state index < -0.39 is 54.2 Å². The molecule has 0 unspecified atom stereocenters. The summed E-state index contributed by atoms with van der Waals surface area (Å²) in [5.74, 6) is -3.05. The minimum absolute atomic E-state index is 0.0194. The Labute approximate surface area is 244 Å². The molecule has 2 saturated heterocycles. The number of fused-ring (bicyclic) bond motifs is 1. The quantitative estimate of drug-likeness (QED) is 0.413. The Kier molecular flexibility index (Phi) is 10.1. The van der Waals surface area contributed by atoms with E-state index in [4.69, 9.17) is 4.74 Å². The smallest absolute Gasteiger partial charge is 0.338 e. The third-order valence-electron chi connectivity index (χ3n) is 7.27. The van der Waals surface area contributed by atoms with E-state index in [1.807, 2.05) is 13.8 Å². The van der Waals surface area contributed by atoms with E-state index in [1.165, 1.54) is 5.01 Å². The third-order valence-corrected chi connectivity index (χ3v) is 7.27. The summed E-state index contributed by atoms with van der Waals surface area (Å²) >= 11 is 0. The first kappa shape index (κ1) is 30.4. The summed E-state index contributed by atoms with van der Waals surface area (Å²) in [6.07, 6.45) is 1.15. The fourth-order valence-corrected chi connectivity index (χ4v) is 5.14. The Hall–Kier alpha value is -4.54. The summed E-state index contributed by atoms with van der Waals surface area (Å²) in [4.78, 5) is 78.6. The van der Waals surface area contributed by atoms with Crippen LogP contribution in [0, 0.1) is 5.92 Å². The molecule has 2 aromatic carbocycles. The second kappa shape index (κ2) is 13.9. The van der Waals surface area contributed by atoms with Gasteiger partial charge in [0.25, 0.3) is 11.8 Å². The number of ketones is 1. The number of hydrogen-bond donors (Lipinski definition) is 2. The molecule has 4 rings (SSSR count). The Balaban J connectivity index is 1.48. The van der Waals surface area contributed by atoms with Crippen molar-refractivity contribution in [3.05, 3.63) is 71.8 Å². The standard InChI is InChI=1S/C31H36N4O7/c1-20(2)18-24(26(36)19-42-31(41)22-12-7-4-8-13-22)33-29(39)25-14-9-17-34-27(37)16-15-23(30(40)35(25)34)32-28(38)21-10-5-3-6-11-21/h3-8,10-13,20,23-25H,9,14-19H2,1-2H3,(H,32,38)(H,33,39)/t23-,24-,25-/m0/s1. The summed E-state index contributed by atoms with van der Waals surface area (Å²) in [6, 6.07) is 13.6. The van der Waals surface area contributed by atoms with E-state index in [2.05, 4.69) is 10.6 Å². The molecule has 2 aliphatic rings. The average Bonchev–Trinajstić information content (AvgIpc) is 3.12. The van der Waals surface area contributed by atoms with Gasteiger partial charge < -0.3 is 15.4 Å². The summed E-state index contributed by atoms with van der Waals surface area (Å²) in [5.41, 5.74) is 0.670. The third kappa shape index (κ3) is 7.39. The van der Waals surface area contributed by atoms with Crippen molar-refractivity contribution >= 4 is 35.4 Å². The lowest BCUT2D eigenvalue weighted by Crippen LogP contribution is -2.64. The Morgan fingerprint density at radius 3 is 2.21 bits per heavy atom. The molecule has 2 aliphatic heterocycles. The number of nitrogens with zero attached hydrogens (tertiary/aromatic N) is 2. The van der Waals surface area contributed by atoms with Crippen LogP contribution in [0.3, 0.4) is 0 Å². The number of rotatable bonds is 10. The van der Waals surface area contributed by atoms with Crippen molar-refractivity contribution in [3.63, 3.8) is 0 Å². The van der Waals surface area contributed by atoms with Crippen LogP contribution >= 0.6 is 0 Å². The molecule has 11 nitrogen and oxygen atoms in total. The molecule has 2 aromatic rings. The molecule has 4 amide bonds. The van der Waals surface area contributed by atoms with Gasteiger partial charge in [0.1, 0.15) is 12.1 Å². The van der Waals surface area contributed by atoms with Gasteiger partial charge >= 0.3 is 5.97 Å². The Bertz CT molecular complexity index is 1320.